The van der Waals surface area contributed by atoms with Gasteiger partial charge in [-0.3, -0.25) is 4.79 Å². The highest BCUT2D eigenvalue weighted by molar-refractivity contribution is 6.32. The Morgan fingerprint density at radius 2 is 2.00 bits per heavy atom. The number of nitrogens with zero attached hydrogens (tertiary/aromatic N) is 1. The number of hydrogen-bond donors (Lipinski definition) is 2. The monoisotopic (exact) mass is 468 g/mol. The Morgan fingerprint density at radius 3 is 2.67 bits per heavy atom. The maximum atomic E-state index is 12.6. The van der Waals surface area contributed by atoms with Crippen LogP contribution in [0.15, 0.2) is 42.0 Å². The number of rotatable bonds is 8. The van der Waals surface area contributed by atoms with Gasteiger partial charge in [0.15, 0.2) is 11.5 Å². The first-order chi connectivity index (χ1) is 15.9. The fourth-order valence-electron chi connectivity index (χ4n) is 3.74. The van der Waals surface area contributed by atoms with E-state index in [0.717, 1.165) is 25.7 Å². The van der Waals surface area contributed by atoms with Gasteiger partial charge in [0.25, 0.3) is 5.91 Å². The van der Waals surface area contributed by atoms with Crippen molar-refractivity contribution in [2.24, 2.45) is 0 Å². The van der Waals surface area contributed by atoms with E-state index in [9.17, 15) is 14.9 Å². The summed E-state index contributed by atoms with van der Waals surface area (Å²) in [6.45, 7) is 0.0830. The summed E-state index contributed by atoms with van der Waals surface area (Å²) in [6, 6.07) is 11.7. The van der Waals surface area contributed by atoms with Crippen LogP contribution in [0, 0.1) is 11.3 Å². The molecule has 1 aliphatic rings. The molecule has 33 heavy (non-hydrogen) atoms. The second-order valence-electron chi connectivity index (χ2n) is 7.81. The van der Waals surface area contributed by atoms with Crippen LogP contribution < -0.4 is 14.8 Å². The third-order valence-corrected chi connectivity index (χ3v) is 5.71. The van der Waals surface area contributed by atoms with E-state index in [1.807, 2.05) is 6.07 Å². The summed E-state index contributed by atoms with van der Waals surface area (Å²) in [5, 5.41) is 21.8. The lowest BCUT2D eigenvalue weighted by Crippen LogP contribution is -2.36. The van der Waals surface area contributed by atoms with E-state index < -0.39 is 11.9 Å². The topological polar surface area (TPSA) is 109 Å². The SMILES string of the molecule is COc1cc(/C=C(/C#N)C(=O)NC2CCCCC2)cc(Cl)c1OCc1cccc(C(=O)O)c1. The third-order valence-electron chi connectivity index (χ3n) is 5.43. The van der Waals surface area contributed by atoms with Gasteiger partial charge in [-0.25, -0.2) is 4.79 Å². The summed E-state index contributed by atoms with van der Waals surface area (Å²) >= 11 is 6.41. The maximum Gasteiger partial charge on any atom is 0.335 e. The molecule has 0 unspecified atom stereocenters. The molecule has 0 aromatic heterocycles. The van der Waals surface area contributed by atoms with Crippen LogP contribution in [0.3, 0.4) is 0 Å². The normalized spacial score (nSPS) is 14.3. The zero-order valence-corrected chi connectivity index (χ0v) is 19.0. The van der Waals surface area contributed by atoms with Crippen LogP contribution >= 0.6 is 11.6 Å². The molecule has 8 heteroatoms. The number of nitriles is 1. The number of aromatic carboxylic acids is 1. The van der Waals surface area contributed by atoms with Crippen molar-refractivity contribution in [2.45, 2.75) is 44.8 Å². The zero-order chi connectivity index (χ0) is 23.8. The molecule has 7 nitrogen and oxygen atoms in total. The van der Waals surface area contributed by atoms with Crippen molar-refractivity contribution in [3.8, 4) is 17.6 Å². The zero-order valence-electron chi connectivity index (χ0n) is 18.3. The Bertz CT molecular complexity index is 1100. The van der Waals surface area contributed by atoms with Gasteiger partial charge in [0.2, 0.25) is 0 Å². The molecule has 0 heterocycles. The summed E-state index contributed by atoms with van der Waals surface area (Å²) in [6.07, 6.45) is 6.63. The number of hydrogen-bond acceptors (Lipinski definition) is 5. The third kappa shape index (κ3) is 6.50. The number of methoxy groups -OCH3 is 1. The molecule has 0 atom stereocenters. The van der Waals surface area contributed by atoms with Crippen LogP contribution in [0.2, 0.25) is 5.02 Å². The maximum absolute atomic E-state index is 12.6. The number of ether oxygens (including phenoxy) is 2. The fraction of sp³-hybridized carbons (Fsp3) is 0.320. The molecule has 1 aliphatic carbocycles. The van der Waals surface area contributed by atoms with Crippen molar-refractivity contribution in [2.75, 3.05) is 7.11 Å². The minimum Gasteiger partial charge on any atom is -0.493 e. The summed E-state index contributed by atoms with van der Waals surface area (Å²) in [7, 11) is 1.46. The van der Waals surface area contributed by atoms with Gasteiger partial charge in [-0.15, -0.1) is 0 Å². The second-order valence-corrected chi connectivity index (χ2v) is 8.21. The smallest absolute Gasteiger partial charge is 0.335 e. The van der Waals surface area contributed by atoms with E-state index >= 15 is 0 Å². The Hall–Kier alpha value is -3.50. The van der Waals surface area contributed by atoms with Crippen LogP contribution in [0.25, 0.3) is 6.08 Å². The highest BCUT2D eigenvalue weighted by atomic mass is 35.5. The number of carboxylic acid groups (broad SMARTS) is 1. The van der Waals surface area contributed by atoms with Crippen molar-refractivity contribution < 1.29 is 24.2 Å². The highest BCUT2D eigenvalue weighted by Gasteiger charge is 2.19. The number of carbonyl (C=O) groups excluding carboxylic acids is 1. The van der Waals surface area contributed by atoms with Gasteiger partial charge in [0.1, 0.15) is 18.2 Å². The van der Waals surface area contributed by atoms with E-state index in [4.69, 9.17) is 26.2 Å². The standard InChI is InChI=1S/C25H25ClN2O5/c1-32-22-13-17(11-19(14-27)24(29)28-20-8-3-2-4-9-20)12-21(26)23(22)33-15-16-6-5-7-18(10-16)25(30)31/h5-7,10-13,20H,2-4,8-9,15H2,1H3,(H,28,29)(H,30,31)/b19-11-. The van der Waals surface area contributed by atoms with Crippen molar-refractivity contribution >= 4 is 29.6 Å². The summed E-state index contributed by atoms with van der Waals surface area (Å²) in [4.78, 5) is 23.7. The molecule has 0 saturated heterocycles. The summed E-state index contributed by atoms with van der Waals surface area (Å²) in [5.74, 6) is -0.821. The van der Waals surface area contributed by atoms with E-state index in [0.29, 0.717) is 16.9 Å². The number of amides is 1. The van der Waals surface area contributed by atoms with E-state index in [-0.39, 0.29) is 34.6 Å². The van der Waals surface area contributed by atoms with Crippen LogP contribution in [0.1, 0.15) is 53.6 Å². The predicted octanol–water partition coefficient (Wildman–Crippen LogP) is 4.98. The molecular weight excluding hydrogens is 444 g/mol. The Morgan fingerprint density at radius 1 is 1.24 bits per heavy atom. The molecule has 0 radical (unpaired) electrons. The summed E-state index contributed by atoms with van der Waals surface area (Å²) in [5.41, 5.74) is 1.32. The quantitative estimate of drug-likeness (QED) is 0.417. The number of benzene rings is 2. The number of carboxylic acids is 1. The Kier molecular flexibility index (Phi) is 8.34. The number of carbonyl (C=O) groups is 2. The van der Waals surface area contributed by atoms with Crippen LogP contribution in [-0.2, 0) is 11.4 Å². The van der Waals surface area contributed by atoms with Crippen molar-refractivity contribution in [1.29, 1.82) is 5.26 Å². The molecule has 0 bridgehead atoms. The number of nitrogens with one attached hydrogen (secondary N) is 1. The molecule has 1 amide bonds. The number of halogens is 1. The van der Waals surface area contributed by atoms with Gasteiger partial charge in [0.05, 0.1) is 17.7 Å². The molecule has 3 rings (SSSR count). The highest BCUT2D eigenvalue weighted by Crippen LogP contribution is 2.37. The molecule has 0 aliphatic heterocycles. The van der Waals surface area contributed by atoms with Gasteiger partial charge >= 0.3 is 5.97 Å². The largest absolute Gasteiger partial charge is 0.493 e. The van der Waals surface area contributed by atoms with Gasteiger partial charge < -0.3 is 19.9 Å². The molecule has 2 N–H and O–H groups in total. The van der Waals surface area contributed by atoms with Crippen molar-refractivity contribution in [3.63, 3.8) is 0 Å². The van der Waals surface area contributed by atoms with E-state index in [1.165, 1.54) is 31.7 Å². The van der Waals surface area contributed by atoms with Crippen LogP contribution in [0.5, 0.6) is 11.5 Å². The lowest BCUT2D eigenvalue weighted by atomic mass is 9.95. The van der Waals surface area contributed by atoms with Crippen LogP contribution in [0.4, 0.5) is 0 Å². The minimum atomic E-state index is -1.02. The van der Waals surface area contributed by atoms with Crippen molar-refractivity contribution in [3.05, 3.63) is 63.7 Å². The first-order valence-electron chi connectivity index (χ1n) is 10.7. The first kappa shape index (κ1) is 24.1. The van der Waals surface area contributed by atoms with Crippen LogP contribution in [-0.4, -0.2) is 30.1 Å². The second kappa shape index (κ2) is 11.4. The summed E-state index contributed by atoms with van der Waals surface area (Å²) < 4.78 is 11.2. The molecule has 1 saturated carbocycles. The van der Waals surface area contributed by atoms with Gasteiger partial charge in [0, 0.05) is 6.04 Å². The lowest BCUT2D eigenvalue weighted by molar-refractivity contribution is -0.117. The Balaban J connectivity index is 1.77. The molecule has 2 aromatic rings. The Labute approximate surface area is 197 Å². The minimum absolute atomic E-state index is 0.0159. The predicted molar refractivity (Wildman–Crippen MR) is 124 cm³/mol. The molecular formula is C25H25ClN2O5. The average molecular weight is 469 g/mol. The molecule has 1 fully saturated rings. The lowest BCUT2D eigenvalue weighted by Gasteiger charge is -2.22. The van der Waals surface area contributed by atoms with Gasteiger partial charge in [-0.1, -0.05) is 43.0 Å². The molecule has 0 spiro atoms. The van der Waals surface area contributed by atoms with Crippen molar-refractivity contribution in [1.82, 2.24) is 5.32 Å². The van der Waals surface area contributed by atoms with E-state index in [2.05, 4.69) is 5.32 Å². The molecule has 172 valence electrons. The van der Waals surface area contributed by atoms with Gasteiger partial charge in [-0.05, 0) is 54.3 Å². The average Bonchev–Trinajstić information content (AvgIpc) is 2.82. The molecule has 2 aromatic carbocycles. The fourth-order valence-corrected chi connectivity index (χ4v) is 4.01. The van der Waals surface area contributed by atoms with E-state index in [1.54, 1.807) is 24.3 Å². The first-order valence-corrected chi connectivity index (χ1v) is 11.0. The van der Waals surface area contributed by atoms with Gasteiger partial charge in [-0.2, -0.15) is 5.26 Å².